The first-order valence-corrected chi connectivity index (χ1v) is 3.29. The molecule has 0 aromatic carbocycles. The average molecular weight is 124 g/mol. The molecule has 0 rings (SSSR count). The predicted molar refractivity (Wildman–Crippen MR) is 26.5 cm³/mol. The second kappa shape index (κ2) is 2.47. The van der Waals surface area contributed by atoms with Gasteiger partial charge in [-0.2, -0.15) is 0 Å². The Morgan fingerprint density at radius 2 is 2.14 bits per heavy atom. The van der Waals surface area contributed by atoms with Gasteiger partial charge in [0.2, 0.25) is 0 Å². The Kier molecular flexibility index (Phi) is 2.54. The van der Waals surface area contributed by atoms with Gasteiger partial charge in [-0.05, 0) is 0 Å². The molecule has 42 valence electrons. The third kappa shape index (κ3) is 6.17. The van der Waals surface area contributed by atoms with Gasteiger partial charge in [-0.15, -0.1) is 0 Å². The maximum Gasteiger partial charge on any atom is 0.468 e. The maximum absolute atomic E-state index is 9.70. The molecule has 0 aromatic heterocycles. The van der Waals surface area contributed by atoms with E-state index in [9.17, 15) is 4.57 Å². The van der Waals surface area contributed by atoms with Gasteiger partial charge in [0.1, 0.15) is 7.85 Å². The fourth-order valence-corrected chi connectivity index (χ4v) is 0.505. The van der Waals surface area contributed by atoms with Gasteiger partial charge in [-0.3, -0.25) is 4.52 Å². The Labute approximate surface area is 42.1 Å². The van der Waals surface area contributed by atoms with Crippen LogP contribution in [0.4, 0.5) is 0 Å². The third-order valence-electron chi connectivity index (χ3n) is 0.297. The molecule has 4 nitrogen and oxygen atoms in total. The highest BCUT2D eigenvalue weighted by Gasteiger charge is 2.09. The van der Waals surface area contributed by atoms with Crippen LogP contribution in [0.15, 0.2) is 0 Å². The van der Waals surface area contributed by atoms with Gasteiger partial charge in [-0.25, -0.2) is 4.57 Å². The number of hydrogen-bond acceptors (Lipinski definition) is 2. The second-order valence-electron chi connectivity index (χ2n) is 0.908. The summed E-state index contributed by atoms with van der Waals surface area (Å²) in [6, 6.07) is 0. The summed E-state index contributed by atoms with van der Waals surface area (Å²) in [7, 11) is -2.65. The highest BCUT2D eigenvalue weighted by atomic mass is 31.2. The van der Waals surface area contributed by atoms with Crippen molar-refractivity contribution in [2.45, 2.75) is 0 Å². The number of hydrogen-bond donors (Lipinski definition) is 2. The van der Waals surface area contributed by atoms with Crippen LogP contribution in [-0.2, 0) is 9.09 Å². The molecular formula is CH6BO4P. The van der Waals surface area contributed by atoms with Gasteiger partial charge in [0.25, 0.3) is 0 Å². The molecule has 0 bridgehead atoms. The van der Waals surface area contributed by atoms with Gasteiger partial charge in [0.05, 0.1) is 0 Å². The summed E-state index contributed by atoms with van der Waals surface area (Å²) in [6.07, 6.45) is 0. The van der Waals surface area contributed by atoms with Gasteiger partial charge in [0.15, 0.2) is 0 Å². The van der Waals surface area contributed by atoms with Crippen molar-refractivity contribution in [3.8, 4) is 0 Å². The van der Waals surface area contributed by atoms with E-state index in [0.717, 1.165) is 0 Å². The summed E-state index contributed by atoms with van der Waals surface area (Å²) in [4.78, 5) is 15.8. The molecule has 0 saturated heterocycles. The van der Waals surface area contributed by atoms with E-state index in [4.69, 9.17) is 9.79 Å². The minimum absolute atomic E-state index is 0.0459. The van der Waals surface area contributed by atoms with Crippen molar-refractivity contribution in [1.82, 2.24) is 0 Å². The van der Waals surface area contributed by atoms with E-state index in [1.807, 2.05) is 0 Å². The summed E-state index contributed by atoms with van der Waals surface area (Å²) < 4.78 is 13.6. The number of phosphoric ester groups is 1. The van der Waals surface area contributed by atoms with E-state index in [1.165, 1.54) is 7.85 Å². The average Bonchev–Trinajstić information content (AvgIpc) is 1.30. The summed E-state index contributed by atoms with van der Waals surface area (Å²) >= 11 is 0. The number of rotatable bonds is 2. The van der Waals surface area contributed by atoms with Gasteiger partial charge >= 0.3 is 7.82 Å². The molecule has 0 unspecified atom stereocenters. The summed E-state index contributed by atoms with van der Waals surface area (Å²) in [5.41, 5.74) is 0. The summed E-state index contributed by atoms with van der Waals surface area (Å²) in [5, 5.41) is 0. The highest BCUT2D eigenvalue weighted by molar-refractivity contribution is 7.46. The van der Waals surface area contributed by atoms with E-state index < -0.39 is 7.82 Å². The first-order valence-electron chi connectivity index (χ1n) is 1.76. The zero-order valence-electron chi connectivity index (χ0n) is 3.87. The fraction of sp³-hybridized carbons (Fsp3) is 1.00. The van der Waals surface area contributed by atoms with Crippen LogP contribution in [0.2, 0.25) is 0 Å². The van der Waals surface area contributed by atoms with Crippen molar-refractivity contribution >= 4 is 15.7 Å². The van der Waals surface area contributed by atoms with Crippen LogP contribution >= 0.6 is 7.82 Å². The molecule has 0 amide bonds. The predicted octanol–water partition coefficient (Wildman–Crippen LogP) is -1.31. The van der Waals surface area contributed by atoms with Crippen LogP contribution in [-0.4, -0.2) is 24.1 Å². The molecule has 0 fully saturated rings. The standard InChI is InChI=1S/CH6BO4P/c2-1-6-7(3,4)5/h1-2H2,(H2,3,4,5). The van der Waals surface area contributed by atoms with Gasteiger partial charge in [-0.1, -0.05) is 0 Å². The lowest BCUT2D eigenvalue weighted by Gasteiger charge is -1.98. The van der Waals surface area contributed by atoms with E-state index in [-0.39, 0.29) is 6.51 Å². The second-order valence-corrected chi connectivity index (χ2v) is 2.15. The molecule has 0 saturated carbocycles. The summed E-state index contributed by atoms with van der Waals surface area (Å²) in [6.45, 7) is 0.0459. The van der Waals surface area contributed by atoms with Crippen LogP contribution < -0.4 is 0 Å². The Morgan fingerprint density at radius 1 is 1.71 bits per heavy atom. The van der Waals surface area contributed by atoms with E-state index >= 15 is 0 Å². The SMILES string of the molecule is BCOP(=O)(O)O. The quantitative estimate of drug-likeness (QED) is 0.354. The molecule has 7 heavy (non-hydrogen) atoms. The van der Waals surface area contributed by atoms with Crippen molar-refractivity contribution in [2.24, 2.45) is 0 Å². The Balaban J connectivity index is 3.36. The Bertz CT molecular complexity index is 85.7. The van der Waals surface area contributed by atoms with Crippen molar-refractivity contribution in [1.29, 1.82) is 0 Å². The van der Waals surface area contributed by atoms with Crippen molar-refractivity contribution in [3.05, 3.63) is 0 Å². The zero-order valence-corrected chi connectivity index (χ0v) is 4.76. The molecule has 0 atom stereocenters. The van der Waals surface area contributed by atoms with Crippen LogP contribution in [0.3, 0.4) is 0 Å². The number of phosphoric acid groups is 1. The normalized spacial score (nSPS) is 11.7. The molecule has 0 aliphatic rings. The fourth-order valence-electron chi connectivity index (χ4n) is 0.168. The lowest BCUT2D eigenvalue weighted by Crippen LogP contribution is -1.88. The maximum atomic E-state index is 9.70. The molecular weight excluding hydrogens is 118 g/mol. The molecule has 0 aliphatic carbocycles. The topological polar surface area (TPSA) is 66.8 Å². The Hall–Kier alpha value is 0.175. The molecule has 0 aliphatic heterocycles. The molecule has 0 aromatic rings. The monoisotopic (exact) mass is 124 g/mol. The molecule has 2 N–H and O–H groups in total. The van der Waals surface area contributed by atoms with E-state index in [1.54, 1.807) is 0 Å². The zero-order chi connectivity index (χ0) is 5.91. The first-order chi connectivity index (χ1) is 3.06. The largest absolute Gasteiger partial charge is 0.468 e. The van der Waals surface area contributed by atoms with Crippen LogP contribution in [0.5, 0.6) is 0 Å². The van der Waals surface area contributed by atoms with Crippen LogP contribution in [0.1, 0.15) is 0 Å². The molecule has 0 heterocycles. The third-order valence-corrected chi connectivity index (χ3v) is 0.892. The van der Waals surface area contributed by atoms with Gasteiger partial charge < -0.3 is 9.79 Å². The lowest BCUT2D eigenvalue weighted by molar-refractivity contribution is 0.225. The van der Waals surface area contributed by atoms with Crippen molar-refractivity contribution in [2.75, 3.05) is 6.51 Å². The summed E-state index contributed by atoms with van der Waals surface area (Å²) in [5.74, 6) is 0. The van der Waals surface area contributed by atoms with Gasteiger partial charge in [0, 0.05) is 6.51 Å². The van der Waals surface area contributed by atoms with Crippen LogP contribution in [0, 0.1) is 0 Å². The van der Waals surface area contributed by atoms with Crippen molar-refractivity contribution in [3.63, 3.8) is 0 Å². The molecule has 0 radical (unpaired) electrons. The van der Waals surface area contributed by atoms with E-state index in [2.05, 4.69) is 4.52 Å². The first kappa shape index (κ1) is 7.17. The molecule has 6 heteroatoms. The van der Waals surface area contributed by atoms with Crippen molar-refractivity contribution < 1.29 is 18.9 Å². The van der Waals surface area contributed by atoms with E-state index in [0.29, 0.717) is 0 Å². The molecule has 0 spiro atoms. The Morgan fingerprint density at radius 3 is 2.14 bits per heavy atom. The van der Waals surface area contributed by atoms with Crippen LogP contribution in [0.25, 0.3) is 0 Å². The minimum atomic E-state index is -4.17. The lowest BCUT2D eigenvalue weighted by atomic mass is 10.2. The highest BCUT2D eigenvalue weighted by Crippen LogP contribution is 2.34. The smallest absolute Gasteiger partial charge is 0.303 e. The minimum Gasteiger partial charge on any atom is -0.303 e.